The van der Waals surface area contributed by atoms with Crippen LogP contribution in [0.4, 0.5) is 0 Å². The average molecular weight is 179 g/mol. The number of nitrogens with zero attached hydrogens (tertiary/aromatic N) is 2. The monoisotopic (exact) mass is 179 g/mol. The summed E-state index contributed by atoms with van der Waals surface area (Å²) < 4.78 is 5.45. The van der Waals surface area contributed by atoms with E-state index in [4.69, 9.17) is 4.74 Å². The molecule has 0 radical (unpaired) electrons. The SMILES string of the molecule is c1cnc(OC[C@@H]2CCCN2)cn1. The van der Waals surface area contributed by atoms with Crippen molar-refractivity contribution < 1.29 is 4.74 Å². The van der Waals surface area contributed by atoms with Crippen molar-refractivity contribution in [2.75, 3.05) is 13.2 Å². The summed E-state index contributed by atoms with van der Waals surface area (Å²) in [5, 5.41) is 3.35. The lowest BCUT2D eigenvalue weighted by atomic mass is 10.2. The molecular formula is C9H13N3O. The third-order valence-electron chi connectivity index (χ3n) is 2.13. The van der Waals surface area contributed by atoms with Crippen LogP contribution in [0.2, 0.25) is 0 Å². The molecule has 1 aliphatic heterocycles. The van der Waals surface area contributed by atoms with E-state index in [0.29, 0.717) is 18.5 Å². The van der Waals surface area contributed by atoms with Gasteiger partial charge in [-0.3, -0.25) is 4.98 Å². The zero-order valence-corrected chi connectivity index (χ0v) is 7.44. The zero-order valence-electron chi connectivity index (χ0n) is 7.44. The first-order chi connectivity index (χ1) is 6.45. The Balaban J connectivity index is 1.79. The Kier molecular flexibility index (Phi) is 2.72. The van der Waals surface area contributed by atoms with Crippen LogP contribution in [0.5, 0.6) is 5.88 Å². The summed E-state index contributed by atoms with van der Waals surface area (Å²) in [6.45, 7) is 1.80. The van der Waals surface area contributed by atoms with Gasteiger partial charge >= 0.3 is 0 Å². The van der Waals surface area contributed by atoms with E-state index in [1.54, 1.807) is 18.6 Å². The van der Waals surface area contributed by atoms with E-state index in [2.05, 4.69) is 15.3 Å². The lowest BCUT2D eigenvalue weighted by molar-refractivity contribution is 0.266. The van der Waals surface area contributed by atoms with Gasteiger partial charge in [0.15, 0.2) is 0 Å². The summed E-state index contributed by atoms with van der Waals surface area (Å²) in [4.78, 5) is 7.95. The number of aromatic nitrogens is 2. The Morgan fingerprint density at radius 1 is 1.54 bits per heavy atom. The average Bonchev–Trinajstić information content (AvgIpc) is 2.69. The van der Waals surface area contributed by atoms with Crippen molar-refractivity contribution in [3.63, 3.8) is 0 Å². The van der Waals surface area contributed by atoms with Gasteiger partial charge < -0.3 is 10.1 Å². The summed E-state index contributed by atoms with van der Waals surface area (Å²) >= 11 is 0. The highest BCUT2D eigenvalue weighted by Crippen LogP contribution is 2.07. The number of hydrogen-bond donors (Lipinski definition) is 1. The Hall–Kier alpha value is -1.16. The van der Waals surface area contributed by atoms with Crippen molar-refractivity contribution in [2.24, 2.45) is 0 Å². The minimum Gasteiger partial charge on any atom is -0.475 e. The number of ether oxygens (including phenoxy) is 1. The fourth-order valence-electron chi connectivity index (χ4n) is 1.44. The van der Waals surface area contributed by atoms with Crippen LogP contribution in [-0.4, -0.2) is 29.2 Å². The molecular weight excluding hydrogens is 166 g/mol. The predicted octanol–water partition coefficient (Wildman–Crippen LogP) is 0.607. The Morgan fingerprint density at radius 3 is 3.23 bits per heavy atom. The topological polar surface area (TPSA) is 47.0 Å². The van der Waals surface area contributed by atoms with Crippen LogP contribution in [-0.2, 0) is 0 Å². The number of hydrogen-bond acceptors (Lipinski definition) is 4. The molecule has 0 unspecified atom stereocenters. The largest absolute Gasteiger partial charge is 0.475 e. The van der Waals surface area contributed by atoms with Gasteiger partial charge in [-0.2, -0.15) is 0 Å². The van der Waals surface area contributed by atoms with Crippen LogP contribution in [0.3, 0.4) is 0 Å². The molecule has 2 heterocycles. The van der Waals surface area contributed by atoms with E-state index in [1.165, 1.54) is 12.8 Å². The maximum Gasteiger partial charge on any atom is 0.232 e. The summed E-state index contributed by atoms with van der Waals surface area (Å²) in [7, 11) is 0. The van der Waals surface area contributed by atoms with Gasteiger partial charge in [-0.05, 0) is 19.4 Å². The predicted molar refractivity (Wildman–Crippen MR) is 48.6 cm³/mol. The Morgan fingerprint density at radius 2 is 2.54 bits per heavy atom. The van der Waals surface area contributed by atoms with Crippen LogP contribution in [0.1, 0.15) is 12.8 Å². The normalized spacial score (nSPS) is 21.7. The highest BCUT2D eigenvalue weighted by Gasteiger charge is 2.14. The van der Waals surface area contributed by atoms with Gasteiger partial charge in [0, 0.05) is 18.4 Å². The molecule has 1 aromatic heterocycles. The zero-order chi connectivity index (χ0) is 8.93. The van der Waals surface area contributed by atoms with Gasteiger partial charge in [0.05, 0.1) is 6.20 Å². The standard InChI is InChI=1S/C9H13N3O/c1-2-8(11-3-1)7-13-9-6-10-4-5-12-9/h4-6,8,11H,1-3,7H2/t8-/m0/s1. The molecule has 0 bridgehead atoms. The molecule has 2 rings (SSSR count). The van der Waals surface area contributed by atoms with E-state index >= 15 is 0 Å². The van der Waals surface area contributed by atoms with Crippen molar-refractivity contribution in [3.8, 4) is 5.88 Å². The summed E-state index contributed by atoms with van der Waals surface area (Å²) in [6.07, 6.45) is 7.35. The first kappa shape index (κ1) is 8.44. The van der Waals surface area contributed by atoms with Gasteiger partial charge in [0.25, 0.3) is 0 Å². The summed E-state index contributed by atoms with van der Waals surface area (Å²) in [5.74, 6) is 0.608. The minimum absolute atomic E-state index is 0.488. The van der Waals surface area contributed by atoms with E-state index in [1.807, 2.05) is 0 Å². The van der Waals surface area contributed by atoms with E-state index in [9.17, 15) is 0 Å². The smallest absolute Gasteiger partial charge is 0.232 e. The summed E-state index contributed by atoms with van der Waals surface area (Å²) in [5.41, 5.74) is 0. The van der Waals surface area contributed by atoms with E-state index in [-0.39, 0.29) is 0 Å². The Bertz CT molecular complexity index is 246. The maximum absolute atomic E-state index is 5.45. The van der Waals surface area contributed by atoms with Crippen molar-refractivity contribution in [1.29, 1.82) is 0 Å². The molecule has 1 saturated heterocycles. The van der Waals surface area contributed by atoms with Gasteiger partial charge in [-0.1, -0.05) is 0 Å². The number of nitrogens with one attached hydrogen (secondary N) is 1. The summed E-state index contributed by atoms with van der Waals surface area (Å²) in [6, 6.07) is 0.488. The van der Waals surface area contributed by atoms with Gasteiger partial charge in [-0.15, -0.1) is 0 Å². The molecule has 0 amide bonds. The lowest BCUT2D eigenvalue weighted by Gasteiger charge is -2.10. The molecule has 1 aliphatic rings. The molecule has 0 aliphatic carbocycles. The Labute approximate surface area is 77.4 Å². The fourth-order valence-corrected chi connectivity index (χ4v) is 1.44. The molecule has 0 saturated carbocycles. The molecule has 1 fully saturated rings. The second kappa shape index (κ2) is 4.18. The quantitative estimate of drug-likeness (QED) is 0.738. The van der Waals surface area contributed by atoms with E-state index in [0.717, 1.165) is 6.54 Å². The third-order valence-corrected chi connectivity index (χ3v) is 2.13. The van der Waals surface area contributed by atoms with Crippen molar-refractivity contribution in [2.45, 2.75) is 18.9 Å². The van der Waals surface area contributed by atoms with Gasteiger partial charge in [0.1, 0.15) is 6.61 Å². The van der Waals surface area contributed by atoms with Gasteiger partial charge in [-0.25, -0.2) is 4.98 Å². The van der Waals surface area contributed by atoms with Crippen molar-refractivity contribution in [3.05, 3.63) is 18.6 Å². The second-order valence-electron chi connectivity index (χ2n) is 3.15. The number of rotatable bonds is 3. The first-order valence-corrected chi connectivity index (χ1v) is 4.57. The molecule has 4 nitrogen and oxygen atoms in total. The fraction of sp³-hybridized carbons (Fsp3) is 0.556. The van der Waals surface area contributed by atoms with Crippen LogP contribution in [0, 0.1) is 0 Å². The van der Waals surface area contributed by atoms with Crippen LogP contribution in [0.15, 0.2) is 18.6 Å². The van der Waals surface area contributed by atoms with Crippen LogP contribution < -0.4 is 10.1 Å². The van der Waals surface area contributed by atoms with Gasteiger partial charge in [0.2, 0.25) is 5.88 Å². The molecule has 70 valence electrons. The second-order valence-corrected chi connectivity index (χ2v) is 3.15. The third kappa shape index (κ3) is 2.39. The highest BCUT2D eigenvalue weighted by molar-refractivity contribution is 5.01. The van der Waals surface area contributed by atoms with Crippen molar-refractivity contribution in [1.82, 2.24) is 15.3 Å². The van der Waals surface area contributed by atoms with Crippen LogP contribution >= 0.6 is 0 Å². The highest BCUT2D eigenvalue weighted by atomic mass is 16.5. The molecule has 1 atom stereocenters. The van der Waals surface area contributed by atoms with E-state index < -0.39 is 0 Å². The molecule has 4 heteroatoms. The minimum atomic E-state index is 0.488. The molecule has 0 spiro atoms. The molecule has 13 heavy (non-hydrogen) atoms. The molecule has 1 N–H and O–H groups in total. The lowest BCUT2D eigenvalue weighted by Crippen LogP contribution is -2.28. The molecule has 1 aromatic rings. The van der Waals surface area contributed by atoms with Crippen molar-refractivity contribution >= 4 is 0 Å². The maximum atomic E-state index is 5.45. The molecule has 0 aromatic carbocycles. The van der Waals surface area contributed by atoms with Crippen LogP contribution in [0.25, 0.3) is 0 Å². The first-order valence-electron chi connectivity index (χ1n) is 4.57.